The molecule has 3 amide bonds. The van der Waals surface area contributed by atoms with Crippen molar-refractivity contribution in [3.8, 4) is 0 Å². The molecule has 192 valence electrons. The van der Waals surface area contributed by atoms with Crippen LogP contribution in [0.2, 0.25) is 0 Å². The average molecular weight is 502 g/mol. The number of benzene rings is 1. The molecule has 3 aliphatic heterocycles. The Bertz CT molecular complexity index is 970. The molecule has 3 N–H and O–H groups in total. The number of amides is 3. The molecule has 3 fully saturated rings. The summed E-state index contributed by atoms with van der Waals surface area (Å²) in [5.41, 5.74) is 1.00. The quantitative estimate of drug-likeness (QED) is 0.483. The third-order valence-electron chi connectivity index (χ3n) is 7.83. The van der Waals surface area contributed by atoms with Crippen molar-refractivity contribution in [2.24, 2.45) is 17.8 Å². The van der Waals surface area contributed by atoms with Crippen molar-refractivity contribution in [2.45, 2.75) is 88.0 Å². The van der Waals surface area contributed by atoms with Crippen molar-refractivity contribution in [1.82, 2.24) is 15.5 Å². The zero-order valence-corrected chi connectivity index (χ0v) is 22.2. The lowest BCUT2D eigenvalue weighted by atomic mass is 9.66. The molecule has 3 aliphatic rings. The predicted molar refractivity (Wildman–Crippen MR) is 137 cm³/mol. The summed E-state index contributed by atoms with van der Waals surface area (Å²) in [5, 5.41) is 16.4. The number of carbonyl (C=O) groups is 3. The van der Waals surface area contributed by atoms with Gasteiger partial charge in [-0.2, -0.15) is 0 Å². The molecule has 2 unspecified atom stereocenters. The van der Waals surface area contributed by atoms with Crippen LogP contribution in [0.1, 0.15) is 59.4 Å². The Morgan fingerprint density at radius 3 is 2.43 bits per heavy atom. The monoisotopic (exact) mass is 501 g/mol. The van der Waals surface area contributed by atoms with Crippen LogP contribution < -0.4 is 10.6 Å². The zero-order chi connectivity index (χ0) is 25.5. The van der Waals surface area contributed by atoms with Gasteiger partial charge in [0, 0.05) is 17.3 Å². The first kappa shape index (κ1) is 26.0. The van der Waals surface area contributed by atoms with E-state index in [0.717, 1.165) is 12.0 Å². The number of hydrogen-bond donors (Lipinski definition) is 3. The van der Waals surface area contributed by atoms with Gasteiger partial charge in [0.1, 0.15) is 6.04 Å². The summed E-state index contributed by atoms with van der Waals surface area (Å²) in [4.78, 5) is 43.0. The lowest BCUT2D eigenvalue weighted by Gasteiger charge is -2.38. The number of aliphatic hydroxyl groups excluding tert-OH is 1. The Balaban J connectivity index is 1.69. The molecule has 7 nitrogen and oxygen atoms in total. The van der Waals surface area contributed by atoms with E-state index in [1.54, 1.807) is 16.7 Å². The van der Waals surface area contributed by atoms with E-state index in [4.69, 9.17) is 0 Å². The van der Waals surface area contributed by atoms with Gasteiger partial charge >= 0.3 is 0 Å². The molecule has 0 saturated carbocycles. The fourth-order valence-electron chi connectivity index (χ4n) is 6.54. The third kappa shape index (κ3) is 4.48. The molecular formula is C27H39N3O4S. The van der Waals surface area contributed by atoms with Crippen LogP contribution in [0.15, 0.2) is 30.3 Å². The maximum absolute atomic E-state index is 14.1. The minimum Gasteiger partial charge on any atom is -0.394 e. The van der Waals surface area contributed by atoms with Crippen molar-refractivity contribution < 1.29 is 19.5 Å². The number of thioether (sulfide) groups is 1. The Labute approximate surface area is 212 Å². The van der Waals surface area contributed by atoms with Crippen molar-refractivity contribution >= 4 is 29.5 Å². The van der Waals surface area contributed by atoms with E-state index in [-0.39, 0.29) is 36.3 Å². The minimum atomic E-state index is -0.697. The Morgan fingerprint density at radius 2 is 1.83 bits per heavy atom. The summed E-state index contributed by atoms with van der Waals surface area (Å²) < 4.78 is -1.07. The number of carbonyl (C=O) groups excluding carboxylic acids is 3. The van der Waals surface area contributed by atoms with Crippen LogP contribution in [0.5, 0.6) is 0 Å². The van der Waals surface area contributed by atoms with Crippen LogP contribution in [0.4, 0.5) is 0 Å². The molecule has 1 aromatic rings. The topological polar surface area (TPSA) is 98.7 Å². The van der Waals surface area contributed by atoms with Gasteiger partial charge in [0.05, 0.1) is 29.2 Å². The maximum atomic E-state index is 14.1. The highest BCUT2D eigenvalue weighted by atomic mass is 32.2. The number of rotatable bonds is 9. The lowest BCUT2D eigenvalue weighted by Crippen LogP contribution is -2.57. The fraction of sp³-hybridized carbons (Fsp3) is 0.667. The SMILES string of the molecule is CC(C)C[C@H](CO)N1C(=O)[C@@H]2[C@H](C(=O)NCc3ccccc3)[C@]3(C)CCC2(S3)C1C(=O)NC(C)C. The third-order valence-corrected chi connectivity index (χ3v) is 9.82. The Hall–Kier alpha value is -2.06. The molecule has 8 heteroatoms. The second-order valence-corrected chi connectivity index (χ2v) is 13.2. The smallest absolute Gasteiger partial charge is 0.244 e. The van der Waals surface area contributed by atoms with Crippen molar-refractivity contribution in [3.63, 3.8) is 0 Å². The van der Waals surface area contributed by atoms with Gasteiger partial charge in [-0.1, -0.05) is 44.2 Å². The summed E-state index contributed by atoms with van der Waals surface area (Å²) in [6.07, 6.45) is 2.08. The van der Waals surface area contributed by atoms with Crippen LogP contribution in [0.25, 0.3) is 0 Å². The fourth-order valence-corrected chi connectivity index (χ4v) is 8.88. The van der Waals surface area contributed by atoms with Gasteiger partial charge in [0.2, 0.25) is 17.7 Å². The van der Waals surface area contributed by atoms with E-state index >= 15 is 0 Å². The van der Waals surface area contributed by atoms with E-state index in [0.29, 0.717) is 19.4 Å². The average Bonchev–Trinajstić information content (AvgIpc) is 3.36. The second kappa shape index (κ2) is 9.77. The molecule has 1 aromatic carbocycles. The van der Waals surface area contributed by atoms with Crippen LogP contribution >= 0.6 is 11.8 Å². The highest BCUT2D eigenvalue weighted by molar-refractivity contribution is 8.02. The number of nitrogens with one attached hydrogen (secondary N) is 2. The van der Waals surface area contributed by atoms with E-state index in [1.165, 1.54) is 0 Å². The van der Waals surface area contributed by atoms with Gasteiger partial charge in [-0.3, -0.25) is 14.4 Å². The predicted octanol–water partition coefficient (Wildman–Crippen LogP) is 2.72. The molecule has 0 aromatic heterocycles. The molecule has 3 heterocycles. The van der Waals surface area contributed by atoms with Crippen molar-refractivity contribution in [3.05, 3.63) is 35.9 Å². The van der Waals surface area contributed by atoms with Crippen LogP contribution in [0, 0.1) is 17.8 Å². The molecule has 4 rings (SSSR count). The highest BCUT2D eigenvalue weighted by Crippen LogP contribution is 2.71. The van der Waals surface area contributed by atoms with Gasteiger partial charge in [0.25, 0.3) is 0 Å². The molecule has 0 aliphatic carbocycles. The number of likely N-dealkylation sites (tertiary alicyclic amines) is 1. The maximum Gasteiger partial charge on any atom is 0.244 e. The highest BCUT2D eigenvalue weighted by Gasteiger charge is 2.77. The van der Waals surface area contributed by atoms with Crippen molar-refractivity contribution in [1.29, 1.82) is 0 Å². The number of fused-ring (bicyclic) bond motifs is 1. The standard InChI is InChI=1S/C27H39N3O4S/c1-16(2)13-19(15-31)30-22(24(33)29-17(3)4)27-12-11-26(5,35-27)20(21(27)25(30)34)23(32)28-14-18-9-7-6-8-10-18/h6-10,16-17,19-22,31H,11-15H2,1-5H3,(H,28,32)(H,29,33)/t19-,20-,21+,22?,26+,27?/m1/s1. The van der Waals surface area contributed by atoms with Gasteiger partial charge in [-0.15, -0.1) is 11.8 Å². The molecule has 6 atom stereocenters. The van der Waals surface area contributed by atoms with Gasteiger partial charge in [-0.25, -0.2) is 0 Å². The molecule has 2 bridgehead atoms. The number of nitrogens with zero attached hydrogens (tertiary/aromatic N) is 1. The Kier molecular flexibility index (Phi) is 7.26. The number of hydrogen-bond acceptors (Lipinski definition) is 5. The van der Waals surface area contributed by atoms with E-state index in [2.05, 4.69) is 17.6 Å². The Morgan fingerprint density at radius 1 is 1.14 bits per heavy atom. The molecule has 1 spiro atoms. The molecule has 3 saturated heterocycles. The van der Waals surface area contributed by atoms with E-state index in [9.17, 15) is 19.5 Å². The normalized spacial score (nSPS) is 32.3. The first-order valence-electron chi connectivity index (χ1n) is 12.8. The van der Waals surface area contributed by atoms with Gasteiger partial charge < -0.3 is 20.6 Å². The van der Waals surface area contributed by atoms with Crippen LogP contribution in [-0.4, -0.2) is 62.0 Å². The summed E-state index contributed by atoms with van der Waals surface area (Å²) in [6.45, 7) is 10.2. The number of aliphatic hydroxyl groups is 1. The first-order chi connectivity index (χ1) is 16.5. The first-order valence-corrected chi connectivity index (χ1v) is 13.6. The summed E-state index contributed by atoms with van der Waals surface area (Å²) >= 11 is 1.66. The zero-order valence-electron chi connectivity index (χ0n) is 21.4. The molecular weight excluding hydrogens is 462 g/mol. The van der Waals surface area contributed by atoms with E-state index in [1.807, 2.05) is 58.0 Å². The summed E-state index contributed by atoms with van der Waals surface area (Å²) in [6, 6.07) is 8.51. The van der Waals surface area contributed by atoms with Crippen LogP contribution in [-0.2, 0) is 20.9 Å². The van der Waals surface area contributed by atoms with Gasteiger partial charge in [-0.05, 0) is 51.5 Å². The second-order valence-electron chi connectivity index (χ2n) is 11.3. The van der Waals surface area contributed by atoms with Crippen LogP contribution in [0.3, 0.4) is 0 Å². The summed E-state index contributed by atoms with van der Waals surface area (Å²) in [5.74, 6) is -1.32. The molecule has 0 radical (unpaired) electrons. The largest absolute Gasteiger partial charge is 0.394 e. The van der Waals surface area contributed by atoms with E-state index < -0.39 is 33.4 Å². The van der Waals surface area contributed by atoms with Gasteiger partial charge in [0.15, 0.2) is 0 Å². The summed E-state index contributed by atoms with van der Waals surface area (Å²) in [7, 11) is 0. The minimum absolute atomic E-state index is 0.0725. The lowest BCUT2D eigenvalue weighted by molar-refractivity contribution is -0.143. The van der Waals surface area contributed by atoms with Crippen molar-refractivity contribution in [2.75, 3.05) is 6.61 Å². The molecule has 35 heavy (non-hydrogen) atoms.